The van der Waals surface area contributed by atoms with Gasteiger partial charge < -0.3 is 0 Å². The second kappa shape index (κ2) is 3.56. The maximum Gasteiger partial charge on any atom is 0.0580 e. The smallest absolute Gasteiger partial charge is 0.0580 e. The molecule has 0 spiro atoms. The van der Waals surface area contributed by atoms with E-state index in [1.807, 2.05) is 24.3 Å². The lowest BCUT2D eigenvalue weighted by Gasteiger charge is -2.19. The summed E-state index contributed by atoms with van der Waals surface area (Å²) in [7, 11) is -0.885. The zero-order valence-electron chi connectivity index (χ0n) is 9.07. The highest BCUT2D eigenvalue weighted by Crippen LogP contribution is 2.36. The van der Waals surface area contributed by atoms with Gasteiger partial charge in [-0.3, -0.25) is 4.21 Å². The fourth-order valence-electron chi connectivity index (χ4n) is 2.18. The Morgan fingerprint density at radius 2 is 1.88 bits per heavy atom. The van der Waals surface area contributed by atoms with Gasteiger partial charge in [-0.25, -0.2) is 0 Å². The van der Waals surface area contributed by atoms with E-state index in [0.717, 1.165) is 10.5 Å². The summed E-state index contributed by atoms with van der Waals surface area (Å²) in [4.78, 5) is 0.976. The van der Waals surface area contributed by atoms with Crippen LogP contribution in [0.3, 0.4) is 0 Å². The van der Waals surface area contributed by atoms with Crippen molar-refractivity contribution in [2.45, 2.75) is 17.6 Å². The van der Waals surface area contributed by atoms with Crippen molar-refractivity contribution in [2.75, 3.05) is 0 Å². The molecule has 0 saturated carbocycles. The fourth-order valence-corrected chi connectivity index (χ4v) is 3.50. The van der Waals surface area contributed by atoms with Crippen molar-refractivity contribution >= 4 is 10.8 Å². The van der Waals surface area contributed by atoms with Crippen molar-refractivity contribution in [3.63, 3.8) is 0 Å². The Balaban J connectivity index is 2.34. The van der Waals surface area contributed by atoms with Crippen molar-refractivity contribution in [3.05, 3.63) is 53.6 Å². The molecule has 80 valence electrons. The molecule has 0 amide bonds. The maximum absolute atomic E-state index is 12.1. The Morgan fingerprint density at radius 1 is 1.06 bits per heavy atom. The van der Waals surface area contributed by atoms with E-state index in [-0.39, 0.29) is 0 Å². The number of rotatable bonds is 0. The van der Waals surface area contributed by atoms with Gasteiger partial charge in [0.25, 0.3) is 0 Å². The minimum absolute atomic E-state index is 0.645. The van der Waals surface area contributed by atoms with Crippen LogP contribution in [0.15, 0.2) is 47.4 Å². The molecule has 0 aliphatic carbocycles. The van der Waals surface area contributed by atoms with Crippen LogP contribution in [0.2, 0.25) is 0 Å². The molecule has 0 aromatic heterocycles. The van der Waals surface area contributed by atoms with Crippen molar-refractivity contribution in [3.8, 4) is 11.1 Å². The highest BCUT2D eigenvalue weighted by Gasteiger charge is 2.20. The first-order chi connectivity index (χ1) is 7.75. The average molecular weight is 228 g/mol. The van der Waals surface area contributed by atoms with Gasteiger partial charge >= 0.3 is 0 Å². The topological polar surface area (TPSA) is 17.1 Å². The van der Waals surface area contributed by atoms with Gasteiger partial charge in [0.05, 0.1) is 16.6 Å². The SMILES string of the molecule is Cc1ccc2c(c1)-c1ccccc1CS2=O. The molecule has 2 aromatic carbocycles. The molecule has 2 heteroatoms. The molecule has 16 heavy (non-hydrogen) atoms. The first-order valence-corrected chi connectivity index (χ1v) is 6.65. The molecule has 0 radical (unpaired) electrons. The molecular weight excluding hydrogens is 216 g/mol. The molecule has 0 saturated heterocycles. The molecule has 1 aliphatic rings. The highest BCUT2D eigenvalue weighted by molar-refractivity contribution is 7.84. The van der Waals surface area contributed by atoms with E-state index < -0.39 is 10.8 Å². The minimum Gasteiger partial charge on any atom is -0.254 e. The number of hydrogen-bond donors (Lipinski definition) is 0. The summed E-state index contributed by atoms with van der Waals surface area (Å²) < 4.78 is 12.1. The van der Waals surface area contributed by atoms with Gasteiger partial charge in [0.1, 0.15) is 0 Å². The van der Waals surface area contributed by atoms with Gasteiger partial charge in [-0.05, 0) is 29.7 Å². The zero-order valence-corrected chi connectivity index (χ0v) is 9.88. The Morgan fingerprint density at radius 3 is 2.75 bits per heavy atom. The minimum atomic E-state index is -0.885. The van der Waals surface area contributed by atoms with Gasteiger partial charge in [0.15, 0.2) is 0 Å². The summed E-state index contributed by atoms with van der Waals surface area (Å²) >= 11 is 0. The first-order valence-electron chi connectivity index (χ1n) is 5.33. The number of aryl methyl sites for hydroxylation is 1. The largest absolute Gasteiger partial charge is 0.254 e. The molecule has 3 rings (SSSR count). The monoisotopic (exact) mass is 228 g/mol. The van der Waals surface area contributed by atoms with Crippen molar-refractivity contribution < 1.29 is 4.21 Å². The van der Waals surface area contributed by atoms with Crippen LogP contribution in [0.4, 0.5) is 0 Å². The Hall–Kier alpha value is -1.41. The predicted octanol–water partition coefficient (Wildman–Crippen LogP) is 3.28. The van der Waals surface area contributed by atoms with E-state index in [1.165, 1.54) is 16.7 Å². The Kier molecular flexibility index (Phi) is 2.18. The van der Waals surface area contributed by atoms with E-state index in [4.69, 9.17) is 0 Å². The average Bonchev–Trinajstić information content (AvgIpc) is 2.29. The maximum atomic E-state index is 12.1. The fraction of sp³-hybridized carbons (Fsp3) is 0.143. The van der Waals surface area contributed by atoms with Crippen LogP contribution < -0.4 is 0 Å². The van der Waals surface area contributed by atoms with Crippen LogP contribution in [-0.2, 0) is 16.6 Å². The second-order valence-electron chi connectivity index (χ2n) is 4.15. The quantitative estimate of drug-likeness (QED) is 0.676. The normalized spacial score (nSPS) is 17.7. The summed E-state index contributed by atoms with van der Waals surface area (Å²) in [6.07, 6.45) is 0. The summed E-state index contributed by atoms with van der Waals surface area (Å²) in [6, 6.07) is 14.4. The number of fused-ring (bicyclic) bond motifs is 3. The van der Waals surface area contributed by atoms with Gasteiger partial charge in [-0.2, -0.15) is 0 Å². The van der Waals surface area contributed by atoms with Crippen LogP contribution in [0.5, 0.6) is 0 Å². The third kappa shape index (κ3) is 1.41. The van der Waals surface area contributed by atoms with Crippen molar-refractivity contribution in [1.29, 1.82) is 0 Å². The van der Waals surface area contributed by atoms with Crippen LogP contribution in [0.25, 0.3) is 11.1 Å². The molecule has 1 aliphatic heterocycles. The number of hydrogen-bond acceptors (Lipinski definition) is 1. The van der Waals surface area contributed by atoms with E-state index in [2.05, 4.69) is 25.1 Å². The molecule has 1 nitrogen and oxygen atoms in total. The molecule has 2 aromatic rings. The molecule has 0 N–H and O–H groups in total. The molecule has 1 unspecified atom stereocenters. The number of benzene rings is 2. The summed E-state index contributed by atoms with van der Waals surface area (Å²) in [6.45, 7) is 2.07. The van der Waals surface area contributed by atoms with E-state index >= 15 is 0 Å². The summed E-state index contributed by atoms with van der Waals surface area (Å²) in [5.74, 6) is 0.645. The van der Waals surface area contributed by atoms with Crippen molar-refractivity contribution in [1.82, 2.24) is 0 Å². The summed E-state index contributed by atoms with van der Waals surface area (Å²) in [5, 5.41) is 0. The van der Waals surface area contributed by atoms with Gasteiger partial charge in [0, 0.05) is 4.90 Å². The van der Waals surface area contributed by atoms with Gasteiger partial charge in [0.2, 0.25) is 0 Å². The zero-order chi connectivity index (χ0) is 11.1. The van der Waals surface area contributed by atoms with E-state index in [9.17, 15) is 4.21 Å². The molecular formula is C14H12OS. The molecule has 0 bridgehead atoms. The lowest BCUT2D eigenvalue weighted by Crippen LogP contribution is -2.06. The standard InChI is InChI=1S/C14H12OS/c1-10-6-7-14-13(8-10)12-5-3-2-4-11(12)9-16(14)15/h2-8H,9H2,1H3. The molecule has 1 atom stereocenters. The van der Waals surface area contributed by atoms with Crippen LogP contribution in [0, 0.1) is 6.92 Å². The third-order valence-electron chi connectivity index (χ3n) is 2.97. The van der Waals surface area contributed by atoms with E-state index in [0.29, 0.717) is 5.75 Å². The van der Waals surface area contributed by atoms with Crippen LogP contribution in [0.1, 0.15) is 11.1 Å². The first kappa shape index (κ1) is 9.79. The van der Waals surface area contributed by atoms with Crippen LogP contribution >= 0.6 is 0 Å². The Bertz CT molecular complexity index is 587. The predicted molar refractivity (Wildman–Crippen MR) is 66.7 cm³/mol. The van der Waals surface area contributed by atoms with Crippen LogP contribution in [-0.4, -0.2) is 4.21 Å². The Labute approximate surface area is 97.6 Å². The van der Waals surface area contributed by atoms with Crippen molar-refractivity contribution in [2.24, 2.45) is 0 Å². The van der Waals surface area contributed by atoms with Gasteiger partial charge in [-0.1, -0.05) is 42.0 Å². The summed E-state index contributed by atoms with van der Waals surface area (Å²) in [5.41, 5.74) is 4.78. The second-order valence-corrected chi connectivity index (χ2v) is 5.57. The lowest BCUT2D eigenvalue weighted by molar-refractivity contribution is 0.682. The highest BCUT2D eigenvalue weighted by atomic mass is 32.2. The molecule has 0 fully saturated rings. The van der Waals surface area contributed by atoms with Gasteiger partial charge in [-0.15, -0.1) is 0 Å². The third-order valence-corrected chi connectivity index (χ3v) is 4.39. The lowest BCUT2D eigenvalue weighted by atomic mass is 9.99. The van der Waals surface area contributed by atoms with E-state index in [1.54, 1.807) is 0 Å². The molecule has 1 heterocycles.